The molecule has 1 amide bonds. The number of amides is 1. The van der Waals surface area contributed by atoms with Gasteiger partial charge >= 0.3 is 0 Å². The quantitative estimate of drug-likeness (QED) is 0.645. The molecule has 5 heteroatoms. The zero-order valence-corrected chi connectivity index (χ0v) is 15.8. The van der Waals surface area contributed by atoms with E-state index in [-0.39, 0.29) is 5.91 Å². The van der Waals surface area contributed by atoms with Crippen molar-refractivity contribution in [3.05, 3.63) is 70.1 Å². The molecule has 2 aromatic carbocycles. The van der Waals surface area contributed by atoms with Gasteiger partial charge in [-0.25, -0.2) is 0 Å². The number of fused-ring (bicyclic) bond motifs is 2. The fourth-order valence-electron chi connectivity index (χ4n) is 3.86. The first-order chi connectivity index (χ1) is 13.3. The largest absolute Gasteiger partial charge is 0.322 e. The minimum Gasteiger partial charge on any atom is -0.322 e. The first-order valence-corrected chi connectivity index (χ1v) is 10.2. The highest BCUT2D eigenvalue weighted by Gasteiger charge is 2.15. The summed E-state index contributed by atoms with van der Waals surface area (Å²) in [6, 6.07) is 12.2. The second-order valence-corrected chi connectivity index (χ2v) is 8.00. The zero-order chi connectivity index (χ0) is 18.2. The molecule has 0 unspecified atom stereocenters. The molecule has 1 aromatic heterocycles. The molecular weight excluding hydrogens is 354 g/mol. The van der Waals surface area contributed by atoms with E-state index in [0.717, 1.165) is 43.0 Å². The molecule has 136 valence electrons. The number of anilines is 1. The van der Waals surface area contributed by atoms with Crippen molar-refractivity contribution in [3.8, 4) is 0 Å². The molecule has 5 rings (SSSR count). The van der Waals surface area contributed by atoms with Gasteiger partial charge < -0.3 is 16.0 Å². The Labute approximate surface area is 162 Å². The van der Waals surface area contributed by atoms with Crippen molar-refractivity contribution >= 4 is 38.6 Å². The van der Waals surface area contributed by atoms with Crippen LogP contribution in [0.2, 0.25) is 0 Å². The van der Waals surface area contributed by atoms with E-state index >= 15 is 0 Å². The summed E-state index contributed by atoms with van der Waals surface area (Å²) in [5.41, 5.74) is 6.86. The van der Waals surface area contributed by atoms with Crippen LogP contribution < -0.4 is 16.0 Å². The van der Waals surface area contributed by atoms with E-state index in [9.17, 15) is 4.79 Å². The highest BCUT2D eigenvalue weighted by Crippen LogP contribution is 2.33. The normalized spacial score (nSPS) is 16.2. The van der Waals surface area contributed by atoms with Crippen LogP contribution >= 0.6 is 11.3 Å². The number of hydrogen-bond donors (Lipinski definition) is 3. The van der Waals surface area contributed by atoms with E-state index in [1.54, 1.807) is 11.3 Å². The average molecular weight is 375 g/mol. The minimum atomic E-state index is -0.0566. The van der Waals surface area contributed by atoms with Crippen molar-refractivity contribution in [2.24, 2.45) is 0 Å². The fraction of sp³-hybridized carbons (Fsp3) is 0.227. The van der Waals surface area contributed by atoms with E-state index < -0.39 is 0 Å². The minimum absolute atomic E-state index is 0.0566. The predicted molar refractivity (Wildman–Crippen MR) is 112 cm³/mol. The number of carbonyl (C=O) groups excluding carboxylic acids is 1. The average Bonchev–Trinajstić information content (AvgIpc) is 3.34. The second kappa shape index (κ2) is 6.93. The van der Waals surface area contributed by atoms with Crippen LogP contribution in [0.3, 0.4) is 0 Å². The van der Waals surface area contributed by atoms with Gasteiger partial charge in [-0.05, 0) is 70.3 Å². The predicted octanol–water partition coefficient (Wildman–Crippen LogP) is 4.13. The van der Waals surface area contributed by atoms with Crippen molar-refractivity contribution in [1.29, 1.82) is 0 Å². The highest BCUT2D eigenvalue weighted by molar-refractivity contribution is 7.17. The zero-order valence-electron chi connectivity index (χ0n) is 15.0. The summed E-state index contributed by atoms with van der Waals surface area (Å²) in [7, 11) is 0. The number of rotatable bonds is 3. The number of hydrogen-bond acceptors (Lipinski definition) is 4. The lowest BCUT2D eigenvalue weighted by atomic mass is 9.99. The van der Waals surface area contributed by atoms with Crippen LogP contribution in [-0.2, 0) is 13.1 Å². The maximum atomic E-state index is 12.7. The monoisotopic (exact) mass is 375 g/mol. The second-order valence-electron chi connectivity index (χ2n) is 7.08. The van der Waals surface area contributed by atoms with Gasteiger partial charge in [0, 0.05) is 35.6 Å². The van der Waals surface area contributed by atoms with E-state index in [0.29, 0.717) is 5.56 Å². The lowest BCUT2D eigenvalue weighted by Crippen LogP contribution is -2.19. The third-order valence-electron chi connectivity index (χ3n) is 5.34. The van der Waals surface area contributed by atoms with Crippen molar-refractivity contribution in [2.45, 2.75) is 19.5 Å². The molecule has 4 nitrogen and oxygen atoms in total. The van der Waals surface area contributed by atoms with Crippen LogP contribution in [0.5, 0.6) is 0 Å². The van der Waals surface area contributed by atoms with Crippen molar-refractivity contribution in [1.82, 2.24) is 10.6 Å². The fourth-order valence-corrected chi connectivity index (χ4v) is 4.88. The Balaban J connectivity index is 1.40. The molecule has 3 heterocycles. The summed E-state index contributed by atoms with van der Waals surface area (Å²) in [4.78, 5) is 12.7. The lowest BCUT2D eigenvalue weighted by Gasteiger charge is -2.13. The van der Waals surface area contributed by atoms with Gasteiger partial charge in [0.2, 0.25) is 0 Å². The summed E-state index contributed by atoms with van der Waals surface area (Å²) in [5, 5.41) is 13.2. The molecule has 0 saturated carbocycles. The van der Waals surface area contributed by atoms with Gasteiger partial charge in [0.1, 0.15) is 0 Å². The van der Waals surface area contributed by atoms with Gasteiger partial charge in [-0.2, -0.15) is 0 Å². The molecular formula is C22H21N3OS. The van der Waals surface area contributed by atoms with Gasteiger partial charge in [0.15, 0.2) is 0 Å². The van der Waals surface area contributed by atoms with E-state index in [1.165, 1.54) is 27.6 Å². The molecule has 0 saturated heterocycles. The van der Waals surface area contributed by atoms with Crippen LogP contribution in [0.25, 0.3) is 15.7 Å². The third kappa shape index (κ3) is 3.18. The maximum absolute atomic E-state index is 12.7. The molecule has 0 aliphatic carbocycles. The summed E-state index contributed by atoms with van der Waals surface area (Å²) in [6.45, 7) is 3.74. The van der Waals surface area contributed by atoms with Gasteiger partial charge in [-0.1, -0.05) is 18.2 Å². The molecule has 2 aliphatic rings. The summed E-state index contributed by atoms with van der Waals surface area (Å²) >= 11 is 1.71. The Morgan fingerprint density at radius 3 is 2.85 bits per heavy atom. The molecule has 0 atom stereocenters. The first kappa shape index (κ1) is 16.7. The molecule has 0 bridgehead atoms. The number of thiophene rings is 1. The molecule has 3 aromatic rings. The van der Waals surface area contributed by atoms with Gasteiger partial charge in [0.25, 0.3) is 5.91 Å². The number of nitrogens with one attached hydrogen (secondary N) is 3. The molecule has 3 N–H and O–H groups in total. The molecule has 0 radical (unpaired) electrons. The van der Waals surface area contributed by atoms with Crippen molar-refractivity contribution in [2.75, 3.05) is 18.4 Å². The van der Waals surface area contributed by atoms with Crippen LogP contribution in [0, 0.1) is 0 Å². The van der Waals surface area contributed by atoms with E-state index in [2.05, 4.69) is 45.6 Å². The summed E-state index contributed by atoms with van der Waals surface area (Å²) < 4.78 is 1.16. The van der Waals surface area contributed by atoms with Crippen LogP contribution in [0.15, 0.2) is 47.9 Å². The standard InChI is InChI=1S/C22H21N3OS/c26-22(25-18-3-1-16-11-24-12-17(16)9-18)15-2-4-19-20(13-27-21(19)10-15)14-5-7-23-8-6-14/h1-5,9-10,13,23-24H,6-8,11-12H2,(H,25,26). The Bertz CT molecular complexity index is 1070. The molecule has 27 heavy (non-hydrogen) atoms. The Morgan fingerprint density at radius 2 is 1.96 bits per heavy atom. The topological polar surface area (TPSA) is 53.2 Å². The Kier molecular flexibility index (Phi) is 4.28. The third-order valence-corrected chi connectivity index (χ3v) is 6.29. The number of benzene rings is 2. The first-order valence-electron chi connectivity index (χ1n) is 9.33. The molecule has 0 spiro atoms. The molecule has 2 aliphatic heterocycles. The number of carbonyl (C=O) groups is 1. The Morgan fingerprint density at radius 1 is 1.04 bits per heavy atom. The summed E-state index contributed by atoms with van der Waals surface area (Å²) in [5.74, 6) is -0.0566. The van der Waals surface area contributed by atoms with Crippen LogP contribution in [0.1, 0.15) is 33.5 Å². The lowest BCUT2D eigenvalue weighted by molar-refractivity contribution is 0.102. The van der Waals surface area contributed by atoms with Gasteiger partial charge in [-0.3, -0.25) is 4.79 Å². The maximum Gasteiger partial charge on any atom is 0.255 e. The van der Waals surface area contributed by atoms with Crippen LogP contribution in [0.4, 0.5) is 5.69 Å². The SMILES string of the molecule is O=C(Nc1ccc2c(c1)CNC2)c1ccc2c(C3=CCNCC3)csc2c1. The highest BCUT2D eigenvalue weighted by atomic mass is 32.1. The Hall–Kier alpha value is -2.47. The summed E-state index contributed by atoms with van der Waals surface area (Å²) in [6.07, 6.45) is 3.33. The van der Waals surface area contributed by atoms with E-state index in [4.69, 9.17) is 0 Å². The smallest absolute Gasteiger partial charge is 0.255 e. The van der Waals surface area contributed by atoms with Crippen molar-refractivity contribution in [3.63, 3.8) is 0 Å². The molecule has 0 fully saturated rings. The van der Waals surface area contributed by atoms with Gasteiger partial charge in [-0.15, -0.1) is 11.3 Å². The van der Waals surface area contributed by atoms with E-state index in [1.807, 2.05) is 18.2 Å². The van der Waals surface area contributed by atoms with Crippen LogP contribution in [-0.4, -0.2) is 19.0 Å². The van der Waals surface area contributed by atoms with Gasteiger partial charge in [0.05, 0.1) is 0 Å². The van der Waals surface area contributed by atoms with Crippen molar-refractivity contribution < 1.29 is 4.79 Å².